The molecular weight excluding hydrogens is 449 g/mol. The van der Waals surface area contributed by atoms with Gasteiger partial charge in [0.2, 0.25) is 0 Å². The van der Waals surface area contributed by atoms with Crippen molar-refractivity contribution in [2.24, 2.45) is 5.92 Å². The van der Waals surface area contributed by atoms with Gasteiger partial charge < -0.3 is 19.3 Å². The molecule has 7 nitrogen and oxygen atoms in total. The molecule has 2 atom stereocenters. The molecule has 1 N–H and O–H groups in total. The summed E-state index contributed by atoms with van der Waals surface area (Å²) in [6, 6.07) is 7.70. The van der Waals surface area contributed by atoms with Gasteiger partial charge in [0.25, 0.3) is 0 Å². The lowest BCUT2D eigenvalue weighted by Gasteiger charge is -2.26. The average Bonchev–Trinajstić information content (AvgIpc) is 3.62. The quantitative estimate of drug-likeness (QED) is 0.457. The van der Waals surface area contributed by atoms with Gasteiger partial charge in [0.05, 0.1) is 26.5 Å². The van der Waals surface area contributed by atoms with Crippen LogP contribution in [0.3, 0.4) is 0 Å². The number of esters is 1. The highest BCUT2D eigenvalue weighted by Gasteiger charge is 2.46. The van der Waals surface area contributed by atoms with Crippen LogP contribution in [-0.2, 0) is 9.47 Å². The van der Waals surface area contributed by atoms with Gasteiger partial charge in [-0.15, -0.1) is 0 Å². The minimum Gasteiger partial charge on any atom is -0.492 e. The first-order valence-corrected chi connectivity index (χ1v) is 11.3. The van der Waals surface area contributed by atoms with Crippen molar-refractivity contribution >= 4 is 35.8 Å². The van der Waals surface area contributed by atoms with Crippen molar-refractivity contribution in [3.63, 3.8) is 0 Å². The zero-order valence-electron chi connectivity index (χ0n) is 18.2. The largest absolute Gasteiger partial charge is 0.492 e. The molecule has 1 fully saturated rings. The first-order chi connectivity index (χ1) is 16.0. The maximum atomic E-state index is 13.9. The minimum atomic E-state index is -0.722. The SMILES string of the molecule is COC(=O)c1c(N(Sc2ccc(F)cc2/C=C\CCO)C(=O)OC)ccc2c1OCC1CC21. The highest BCUT2D eigenvalue weighted by Crippen LogP contribution is 2.56. The number of carbonyl (C=O) groups is 2. The Kier molecular flexibility index (Phi) is 6.90. The van der Waals surface area contributed by atoms with E-state index in [0.29, 0.717) is 41.1 Å². The van der Waals surface area contributed by atoms with Crippen LogP contribution < -0.4 is 9.04 Å². The normalized spacial score (nSPS) is 18.2. The van der Waals surface area contributed by atoms with Crippen LogP contribution in [0, 0.1) is 11.7 Å². The summed E-state index contributed by atoms with van der Waals surface area (Å²) >= 11 is 0.987. The number of methoxy groups -OCH3 is 2. The summed E-state index contributed by atoms with van der Waals surface area (Å²) in [5.74, 6) is 0.148. The van der Waals surface area contributed by atoms with Crippen LogP contribution in [0.1, 0.15) is 40.2 Å². The Bertz CT molecular complexity index is 1100. The third-order valence-electron chi connectivity index (χ3n) is 5.63. The number of aliphatic hydroxyl groups excluding tert-OH is 1. The number of fused-ring (bicyclic) bond motifs is 3. The molecule has 0 saturated heterocycles. The van der Waals surface area contributed by atoms with E-state index in [-0.39, 0.29) is 17.9 Å². The molecule has 1 amide bonds. The van der Waals surface area contributed by atoms with Crippen LogP contribution in [0.2, 0.25) is 0 Å². The number of hydrogen-bond donors (Lipinski definition) is 1. The van der Waals surface area contributed by atoms with Gasteiger partial charge in [-0.3, -0.25) is 0 Å². The number of rotatable bonds is 7. The molecule has 4 rings (SSSR count). The fourth-order valence-electron chi connectivity index (χ4n) is 3.89. The minimum absolute atomic E-state index is 0.0396. The maximum absolute atomic E-state index is 13.9. The third-order valence-corrected chi connectivity index (χ3v) is 6.73. The second kappa shape index (κ2) is 9.84. The summed E-state index contributed by atoms with van der Waals surface area (Å²) in [6.07, 6.45) is 4.06. The molecule has 2 aromatic rings. The van der Waals surface area contributed by atoms with E-state index < -0.39 is 17.9 Å². The highest BCUT2D eigenvalue weighted by molar-refractivity contribution is 8.01. The molecule has 0 spiro atoms. The Morgan fingerprint density at radius 3 is 2.82 bits per heavy atom. The van der Waals surface area contributed by atoms with E-state index in [1.54, 1.807) is 18.2 Å². The van der Waals surface area contributed by atoms with Crippen LogP contribution >= 0.6 is 11.9 Å². The monoisotopic (exact) mass is 473 g/mol. The number of halogens is 1. The fraction of sp³-hybridized carbons (Fsp3) is 0.333. The molecule has 0 aromatic heterocycles. The fourth-order valence-corrected chi connectivity index (χ4v) is 4.85. The zero-order chi connectivity index (χ0) is 23.5. The van der Waals surface area contributed by atoms with Crippen molar-refractivity contribution in [1.29, 1.82) is 0 Å². The summed E-state index contributed by atoms with van der Waals surface area (Å²) in [6.45, 7) is 0.469. The van der Waals surface area contributed by atoms with Crippen LogP contribution in [-0.4, -0.2) is 44.6 Å². The van der Waals surface area contributed by atoms with E-state index in [9.17, 15) is 14.0 Å². The molecule has 174 valence electrons. The van der Waals surface area contributed by atoms with E-state index in [4.69, 9.17) is 19.3 Å². The molecule has 1 heterocycles. The molecule has 9 heteroatoms. The predicted molar refractivity (Wildman–Crippen MR) is 122 cm³/mol. The van der Waals surface area contributed by atoms with Crippen molar-refractivity contribution < 1.29 is 33.3 Å². The Labute approximate surface area is 195 Å². The Morgan fingerprint density at radius 2 is 2.09 bits per heavy atom. The van der Waals surface area contributed by atoms with Gasteiger partial charge in [-0.25, -0.2) is 18.3 Å². The van der Waals surface area contributed by atoms with Crippen LogP contribution in [0.5, 0.6) is 5.75 Å². The second-order valence-corrected chi connectivity index (χ2v) is 8.72. The molecule has 0 radical (unpaired) electrons. The summed E-state index contributed by atoms with van der Waals surface area (Å²) < 4.78 is 31.1. The molecule has 1 aliphatic heterocycles. The van der Waals surface area contributed by atoms with E-state index in [1.165, 1.54) is 36.7 Å². The van der Waals surface area contributed by atoms with Crippen molar-refractivity contribution in [3.05, 3.63) is 58.9 Å². The van der Waals surface area contributed by atoms with Crippen LogP contribution in [0.4, 0.5) is 14.9 Å². The number of ether oxygens (including phenoxy) is 3. The highest BCUT2D eigenvalue weighted by atomic mass is 32.2. The van der Waals surface area contributed by atoms with E-state index in [2.05, 4.69) is 0 Å². The summed E-state index contributed by atoms with van der Waals surface area (Å²) in [7, 11) is 2.51. The molecule has 1 saturated carbocycles. The Balaban J connectivity index is 1.78. The number of nitrogens with zero attached hydrogens (tertiary/aromatic N) is 1. The first kappa shape index (κ1) is 23.1. The number of hydrogen-bond acceptors (Lipinski definition) is 7. The number of amides is 1. The molecule has 2 unspecified atom stereocenters. The number of benzene rings is 2. The average molecular weight is 474 g/mol. The predicted octanol–water partition coefficient (Wildman–Crippen LogP) is 4.78. The van der Waals surface area contributed by atoms with Gasteiger partial charge in [-0.2, -0.15) is 0 Å². The molecule has 2 aliphatic rings. The van der Waals surface area contributed by atoms with Crippen molar-refractivity contribution in [2.75, 3.05) is 31.7 Å². The summed E-state index contributed by atoms with van der Waals surface area (Å²) in [4.78, 5) is 26.2. The number of anilines is 1. The number of aliphatic hydroxyl groups is 1. The van der Waals surface area contributed by atoms with E-state index >= 15 is 0 Å². The van der Waals surface area contributed by atoms with Gasteiger partial charge in [0, 0.05) is 17.4 Å². The smallest absolute Gasteiger partial charge is 0.424 e. The lowest BCUT2D eigenvalue weighted by molar-refractivity contribution is 0.0596. The molecule has 0 bridgehead atoms. The van der Waals surface area contributed by atoms with E-state index in [1.807, 2.05) is 6.07 Å². The lowest BCUT2D eigenvalue weighted by atomic mass is 10.00. The zero-order valence-corrected chi connectivity index (χ0v) is 19.1. The van der Waals surface area contributed by atoms with Crippen molar-refractivity contribution in [1.82, 2.24) is 0 Å². The maximum Gasteiger partial charge on any atom is 0.424 e. The topological polar surface area (TPSA) is 85.3 Å². The Morgan fingerprint density at radius 1 is 1.27 bits per heavy atom. The van der Waals surface area contributed by atoms with Gasteiger partial charge >= 0.3 is 12.1 Å². The molecule has 1 aliphatic carbocycles. The third kappa shape index (κ3) is 4.69. The Hall–Kier alpha value is -3.04. The van der Waals surface area contributed by atoms with Gasteiger partial charge in [0.1, 0.15) is 17.1 Å². The molecule has 2 aromatic carbocycles. The first-order valence-electron chi connectivity index (χ1n) is 10.5. The molecular formula is C24H24FNO6S. The molecule has 33 heavy (non-hydrogen) atoms. The number of carbonyl (C=O) groups excluding carboxylic acids is 2. The van der Waals surface area contributed by atoms with Crippen LogP contribution in [0.25, 0.3) is 6.08 Å². The van der Waals surface area contributed by atoms with Crippen molar-refractivity contribution in [2.45, 2.75) is 23.7 Å². The summed E-state index contributed by atoms with van der Waals surface area (Å²) in [5.41, 5.74) is 1.85. The van der Waals surface area contributed by atoms with Gasteiger partial charge in [0.15, 0.2) is 0 Å². The standard InChI is InChI=1S/C24H24FNO6S/c1-30-23(28)21-19(8-7-17-18-12-15(18)13-32-22(17)21)26(24(29)31-2)33-20-9-6-16(25)11-14(20)5-3-4-10-27/h3,5-9,11,15,18,27H,4,10,12-13H2,1-2H3/b5-3-. The van der Waals surface area contributed by atoms with Crippen LogP contribution in [0.15, 0.2) is 41.3 Å². The summed E-state index contributed by atoms with van der Waals surface area (Å²) in [5, 5.41) is 9.04. The van der Waals surface area contributed by atoms with Gasteiger partial charge in [-0.1, -0.05) is 18.2 Å². The second-order valence-electron chi connectivity index (χ2n) is 7.74. The lowest BCUT2D eigenvalue weighted by Crippen LogP contribution is -2.27. The van der Waals surface area contributed by atoms with E-state index in [0.717, 1.165) is 23.9 Å². The van der Waals surface area contributed by atoms with Gasteiger partial charge in [-0.05, 0) is 66.1 Å². The van der Waals surface area contributed by atoms with Crippen molar-refractivity contribution in [3.8, 4) is 5.75 Å².